The molecule has 4 aromatic heterocycles. The van der Waals surface area contributed by atoms with Gasteiger partial charge in [0.05, 0.1) is 16.4 Å². The van der Waals surface area contributed by atoms with Crippen molar-refractivity contribution >= 4 is 44.3 Å². The summed E-state index contributed by atoms with van der Waals surface area (Å²) in [5, 5.41) is 9.73. The van der Waals surface area contributed by atoms with Crippen molar-refractivity contribution in [2.45, 2.75) is 50.0 Å². The maximum absolute atomic E-state index is 15.5. The van der Waals surface area contributed by atoms with E-state index < -0.39 is 71.0 Å². The second kappa shape index (κ2) is 14.0. The molecule has 60 heavy (non-hydrogen) atoms. The highest BCUT2D eigenvalue weighted by molar-refractivity contribution is 7.22. The van der Waals surface area contributed by atoms with Gasteiger partial charge in [-0.05, 0) is 71.8 Å². The number of aromatic nitrogens is 5. The Morgan fingerprint density at radius 2 is 1.67 bits per heavy atom. The normalized spacial score (nSPS) is 19.6. The molecule has 10 rings (SSSR count). The Balaban J connectivity index is 1.05. The molecule has 0 spiro atoms. The summed E-state index contributed by atoms with van der Waals surface area (Å²) in [6, 6.07) is 12.4. The average Bonchev–Trinajstić information content (AvgIpc) is 3.43. The van der Waals surface area contributed by atoms with Crippen LogP contribution in [0.5, 0.6) is 0 Å². The predicted octanol–water partition coefficient (Wildman–Crippen LogP) is 7.13. The highest BCUT2D eigenvalue weighted by Gasteiger charge is 2.68. The molecule has 6 heterocycles. The number of thiazole rings is 1. The van der Waals surface area contributed by atoms with E-state index in [1.807, 2.05) is 18.2 Å². The van der Waals surface area contributed by atoms with Crippen LogP contribution in [0.15, 0.2) is 67.0 Å². The van der Waals surface area contributed by atoms with Gasteiger partial charge in [-0.1, -0.05) is 23.5 Å². The Kier molecular flexibility index (Phi) is 8.89. The Morgan fingerprint density at radius 1 is 0.950 bits per heavy atom. The minimum atomic E-state index is -5.04. The van der Waals surface area contributed by atoms with Crippen molar-refractivity contribution in [3.8, 4) is 11.1 Å². The number of benzene rings is 2. The number of pyridine rings is 2. The highest BCUT2D eigenvalue weighted by atomic mass is 32.1. The summed E-state index contributed by atoms with van der Waals surface area (Å²) in [5.41, 5.74) is 0.675. The first kappa shape index (κ1) is 38.1. The summed E-state index contributed by atoms with van der Waals surface area (Å²) in [7, 11) is 0. The van der Waals surface area contributed by atoms with E-state index in [0.29, 0.717) is 69.0 Å². The number of amides is 2. The second-order valence-electron chi connectivity index (χ2n) is 15.4. The van der Waals surface area contributed by atoms with Gasteiger partial charge in [-0.2, -0.15) is 32.0 Å². The molecule has 0 radical (unpaired) electrons. The fourth-order valence-electron chi connectivity index (χ4n) is 8.85. The minimum Gasteiger partial charge on any atom is -0.368 e. The number of fused-ring (bicyclic) bond motifs is 5. The number of halogens is 7. The van der Waals surface area contributed by atoms with Crippen LogP contribution in [-0.2, 0) is 36.4 Å². The van der Waals surface area contributed by atoms with Crippen molar-refractivity contribution in [2.24, 2.45) is 5.92 Å². The summed E-state index contributed by atoms with van der Waals surface area (Å²) >= 11 is 1.39. The van der Waals surface area contributed by atoms with E-state index in [2.05, 4.69) is 30.5 Å². The lowest BCUT2D eigenvalue weighted by Gasteiger charge is -2.35. The molecule has 0 bridgehead atoms. The van der Waals surface area contributed by atoms with Gasteiger partial charge < -0.3 is 20.4 Å². The van der Waals surface area contributed by atoms with Gasteiger partial charge in [-0.3, -0.25) is 19.3 Å². The minimum absolute atomic E-state index is 0.0952. The first-order valence-corrected chi connectivity index (χ1v) is 20.0. The number of alkyl halides is 5. The van der Waals surface area contributed by atoms with Gasteiger partial charge in [0.15, 0.2) is 16.5 Å². The summed E-state index contributed by atoms with van der Waals surface area (Å²) in [5.74, 6) is -9.05. The van der Waals surface area contributed by atoms with Crippen molar-refractivity contribution in [2.75, 3.05) is 36.0 Å². The summed E-state index contributed by atoms with van der Waals surface area (Å²) in [6.07, 6.45) is -1.97. The maximum Gasteiger partial charge on any atom is 0.435 e. The number of carbonyl (C=O) groups excluding carboxylic acids is 2. The Labute approximate surface area is 340 Å². The molecule has 19 heteroatoms. The highest BCUT2D eigenvalue weighted by Crippen LogP contribution is 2.68. The number of hydrogen-bond donors (Lipinski definition) is 2. The van der Waals surface area contributed by atoms with Crippen LogP contribution in [0.4, 0.5) is 41.6 Å². The molecule has 2 fully saturated rings. The predicted molar refractivity (Wildman–Crippen MR) is 206 cm³/mol. The van der Waals surface area contributed by atoms with E-state index in [1.54, 1.807) is 30.6 Å². The van der Waals surface area contributed by atoms with Crippen molar-refractivity contribution in [3.63, 3.8) is 0 Å². The number of rotatable bonds is 9. The first-order valence-electron chi connectivity index (χ1n) is 19.2. The third-order valence-corrected chi connectivity index (χ3v) is 12.7. The van der Waals surface area contributed by atoms with Crippen molar-refractivity contribution < 1.29 is 40.3 Å². The lowest BCUT2D eigenvalue weighted by molar-refractivity contribution is -0.142. The molecular formula is C41H32F7N9O2S. The monoisotopic (exact) mass is 847 g/mol. The standard InChI is InChI=1S/C41H32F7N9O2S/c42-21-12-20(13-22(43)15-21)14-30(51-32(58)19-57-36-33(35(54-57)41(46,47)48)27-16-29(27)40(36,44)45)34-26(24-2-1-3-25-28(24)18-50-38(25)59)17-31-37(52-34)53-39(60-31)56-10-8-55(9-11-56)23-4-6-49-7-5-23/h1-7,12-13,15,17,27,29-30H,8-11,14,16,18-19H2,(H,50,59)(H,51,58)/t27-,29?,30-/m0/s1. The third-order valence-electron chi connectivity index (χ3n) is 11.6. The van der Waals surface area contributed by atoms with Crippen LogP contribution in [0.2, 0.25) is 0 Å². The fraction of sp³-hybridized carbons (Fsp3) is 0.317. The Morgan fingerprint density at radius 3 is 2.40 bits per heavy atom. The Hall–Kier alpha value is -6.11. The van der Waals surface area contributed by atoms with Crippen LogP contribution in [0, 0.1) is 17.6 Å². The molecular weight excluding hydrogens is 816 g/mol. The largest absolute Gasteiger partial charge is 0.435 e. The van der Waals surface area contributed by atoms with Crippen LogP contribution < -0.4 is 20.4 Å². The molecule has 6 aromatic rings. The van der Waals surface area contributed by atoms with Crippen molar-refractivity contribution in [3.05, 3.63) is 118 Å². The summed E-state index contributed by atoms with van der Waals surface area (Å²) in [4.78, 5) is 45.1. The number of hydrogen-bond acceptors (Lipinski definition) is 9. The number of nitrogens with zero attached hydrogens (tertiary/aromatic N) is 7. The van der Waals surface area contributed by atoms with Crippen LogP contribution >= 0.6 is 11.3 Å². The van der Waals surface area contributed by atoms with Gasteiger partial charge in [0.2, 0.25) is 5.91 Å². The van der Waals surface area contributed by atoms with Gasteiger partial charge in [-0.15, -0.1) is 0 Å². The lowest BCUT2D eigenvalue weighted by atomic mass is 9.91. The average molecular weight is 848 g/mol. The molecule has 2 aliphatic carbocycles. The lowest BCUT2D eigenvalue weighted by Crippen LogP contribution is -2.46. The van der Waals surface area contributed by atoms with Crippen LogP contribution in [0.1, 0.15) is 62.5 Å². The second-order valence-corrected chi connectivity index (χ2v) is 16.4. The number of nitrogens with one attached hydrogen (secondary N) is 2. The summed E-state index contributed by atoms with van der Waals surface area (Å²) in [6.45, 7) is 1.85. The van der Waals surface area contributed by atoms with Crippen LogP contribution in [0.3, 0.4) is 0 Å². The molecule has 2 aliphatic heterocycles. The Bertz CT molecular complexity index is 2690. The van der Waals surface area contributed by atoms with Crippen LogP contribution in [-0.4, -0.2) is 62.7 Å². The van der Waals surface area contributed by atoms with Gasteiger partial charge in [0.25, 0.3) is 11.8 Å². The zero-order valence-electron chi connectivity index (χ0n) is 31.2. The zero-order valence-corrected chi connectivity index (χ0v) is 32.1. The maximum atomic E-state index is 15.5. The topological polar surface area (TPSA) is 121 Å². The SMILES string of the molecule is O=C(Cn1nc(C(F)(F)F)c2c1C(F)(F)C1C[C@H]21)N[C@@H](Cc1cc(F)cc(F)c1)c1nc2nc(N3CCN(c4ccncc4)CC3)sc2cc1-c1cccc2c1CNC2=O. The number of piperazine rings is 1. The van der Waals surface area contributed by atoms with Gasteiger partial charge in [0.1, 0.15) is 23.9 Å². The van der Waals surface area contributed by atoms with Crippen molar-refractivity contribution in [1.82, 2.24) is 35.4 Å². The molecule has 308 valence electrons. The number of anilines is 2. The van der Waals surface area contributed by atoms with Gasteiger partial charge in [0, 0.05) is 79.5 Å². The summed E-state index contributed by atoms with van der Waals surface area (Å²) < 4.78 is 104. The molecule has 1 saturated carbocycles. The third kappa shape index (κ3) is 6.58. The van der Waals surface area contributed by atoms with E-state index in [9.17, 15) is 31.5 Å². The molecule has 4 aliphatic rings. The number of carbonyl (C=O) groups is 2. The first-order chi connectivity index (χ1) is 28.7. The molecule has 1 unspecified atom stereocenters. The van der Waals surface area contributed by atoms with E-state index in [0.717, 1.165) is 17.8 Å². The molecule has 2 N–H and O–H groups in total. The quantitative estimate of drug-likeness (QED) is 0.148. The van der Waals surface area contributed by atoms with Gasteiger partial charge >= 0.3 is 6.18 Å². The zero-order chi connectivity index (χ0) is 41.7. The van der Waals surface area contributed by atoms with Crippen LogP contribution in [0.25, 0.3) is 21.5 Å². The molecule has 1 saturated heterocycles. The van der Waals surface area contributed by atoms with E-state index in [4.69, 9.17) is 9.97 Å². The fourth-order valence-corrected chi connectivity index (χ4v) is 9.85. The van der Waals surface area contributed by atoms with E-state index >= 15 is 8.78 Å². The molecule has 3 atom stereocenters. The van der Waals surface area contributed by atoms with Gasteiger partial charge in [-0.25, -0.2) is 13.8 Å². The smallest absolute Gasteiger partial charge is 0.368 e. The molecule has 2 amide bonds. The molecule has 11 nitrogen and oxygen atoms in total. The van der Waals surface area contributed by atoms with E-state index in [1.165, 1.54) is 11.3 Å². The molecule has 2 aromatic carbocycles. The van der Waals surface area contributed by atoms with E-state index in [-0.39, 0.29) is 42.2 Å². The van der Waals surface area contributed by atoms with Crippen molar-refractivity contribution in [1.29, 1.82) is 0 Å².